The lowest BCUT2D eigenvalue weighted by atomic mass is 10.4. The lowest BCUT2D eigenvalue weighted by Crippen LogP contribution is -2.39. The summed E-state index contributed by atoms with van der Waals surface area (Å²) in [7, 11) is -3.05. The van der Waals surface area contributed by atoms with Crippen molar-refractivity contribution in [3.05, 3.63) is 12.2 Å². The lowest BCUT2D eigenvalue weighted by Gasteiger charge is -2.14. The first kappa shape index (κ1) is 18.7. The number of sulfonamides is 1. The van der Waals surface area contributed by atoms with Crippen LogP contribution >= 0.6 is 0 Å². The van der Waals surface area contributed by atoms with Crippen LogP contribution in [-0.4, -0.2) is 71.9 Å². The Kier molecular flexibility index (Phi) is 6.98. The fourth-order valence-corrected chi connectivity index (χ4v) is 4.11. The van der Waals surface area contributed by atoms with Gasteiger partial charge in [-0.1, -0.05) is 6.92 Å². The molecule has 0 atom stereocenters. The van der Waals surface area contributed by atoms with E-state index in [1.807, 2.05) is 18.4 Å². The molecule has 2 heterocycles. The van der Waals surface area contributed by atoms with Gasteiger partial charge < -0.3 is 15.2 Å². The van der Waals surface area contributed by atoms with E-state index < -0.39 is 10.0 Å². The lowest BCUT2D eigenvalue weighted by molar-refractivity contribution is 0.452. The number of nitrogens with zero attached hydrogens (tertiary/aromatic N) is 5. The van der Waals surface area contributed by atoms with Crippen molar-refractivity contribution in [2.24, 2.45) is 4.99 Å². The van der Waals surface area contributed by atoms with Gasteiger partial charge in [0.1, 0.15) is 12.2 Å². The van der Waals surface area contributed by atoms with E-state index in [2.05, 4.69) is 25.8 Å². The molecule has 1 aromatic rings. The van der Waals surface area contributed by atoms with Gasteiger partial charge in [-0.3, -0.25) is 4.99 Å². The fourth-order valence-electron chi connectivity index (χ4n) is 2.59. The first-order chi connectivity index (χ1) is 11.6. The predicted octanol–water partition coefficient (Wildman–Crippen LogP) is -0.569. The van der Waals surface area contributed by atoms with Crippen LogP contribution in [0.3, 0.4) is 0 Å². The van der Waals surface area contributed by atoms with Crippen molar-refractivity contribution >= 4 is 16.0 Å². The van der Waals surface area contributed by atoms with Gasteiger partial charge in [-0.2, -0.15) is 0 Å². The Morgan fingerprint density at radius 3 is 2.83 bits per heavy atom. The molecule has 2 N–H and O–H groups in total. The summed E-state index contributed by atoms with van der Waals surface area (Å²) in [5, 5.41) is 14.4. The van der Waals surface area contributed by atoms with Crippen molar-refractivity contribution in [1.29, 1.82) is 0 Å². The van der Waals surface area contributed by atoms with Crippen molar-refractivity contribution in [2.75, 3.05) is 38.5 Å². The second kappa shape index (κ2) is 8.97. The third kappa shape index (κ3) is 5.17. The summed E-state index contributed by atoms with van der Waals surface area (Å²) in [5.74, 6) is 1.91. The second-order valence-electron chi connectivity index (χ2n) is 5.55. The predicted molar refractivity (Wildman–Crippen MR) is 93.4 cm³/mol. The zero-order chi connectivity index (χ0) is 17.4. The average Bonchev–Trinajstić information content (AvgIpc) is 3.13. The quantitative estimate of drug-likeness (QED) is 0.477. The molecule has 0 aromatic carbocycles. The molecule has 24 heavy (non-hydrogen) atoms. The van der Waals surface area contributed by atoms with E-state index in [4.69, 9.17) is 0 Å². The Balaban J connectivity index is 1.80. The van der Waals surface area contributed by atoms with E-state index in [9.17, 15) is 8.42 Å². The highest BCUT2D eigenvalue weighted by atomic mass is 32.2. The van der Waals surface area contributed by atoms with E-state index >= 15 is 0 Å². The number of aliphatic imine (C=N–C) groups is 1. The first-order valence-electron chi connectivity index (χ1n) is 8.43. The second-order valence-corrected chi connectivity index (χ2v) is 7.64. The Morgan fingerprint density at radius 1 is 1.33 bits per heavy atom. The van der Waals surface area contributed by atoms with Crippen LogP contribution in [0.4, 0.5) is 0 Å². The maximum Gasteiger partial charge on any atom is 0.214 e. The number of hydrogen-bond donors (Lipinski definition) is 2. The minimum atomic E-state index is -3.05. The molecule has 0 unspecified atom stereocenters. The molecule has 2 rings (SSSR count). The summed E-state index contributed by atoms with van der Waals surface area (Å²) < 4.78 is 27.0. The van der Waals surface area contributed by atoms with E-state index in [-0.39, 0.29) is 5.75 Å². The van der Waals surface area contributed by atoms with Crippen LogP contribution in [0.2, 0.25) is 0 Å². The van der Waals surface area contributed by atoms with Gasteiger partial charge in [0.05, 0.1) is 12.3 Å². The molecule has 0 amide bonds. The third-order valence-corrected chi connectivity index (χ3v) is 5.78. The van der Waals surface area contributed by atoms with Gasteiger partial charge in [-0.05, 0) is 13.3 Å². The molecule has 1 aliphatic heterocycles. The highest BCUT2D eigenvalue weighted by Gasteiger charge is 2.27. The molecule has 1 fully saturated rings. The van der Waals surface area contributed by atoms with Crippen LogP contribution in [0, 0.1) is 0 Å². The Bertz CT molecular complexity index is 641. The van der Waals surface area contributed by atoms with Gasteiger partial charge in [0.15, 0.2) is 5.96 Å². The summed E-state index contributed by atoms with van der Waals surface area (Å²) in [6.45, 7) is 7.73. The number of aryl methyl sites for hydroxylation is 1. The standard InChI is InChI=1S/C14H27N7O2S/c1-3-13-19-18-12-20(13)9-6-16-14(15-4-2)17-7-10-21-8-5-11-24(21,22)23/h12H,3-11H2,1-2H3,(H2,15,16,17). The van der Waals surface area contributed by atoms with E-state index in [1.165, 1.54) is 4.31 Å². The molecule has 0 bridgehead atoms. The van der Waals surface area contributed by atoms with Crippen LogP contribution in [0.5, 0.6) is 0 Å². The van der Waals surface area contributed by atoms with E-state index in [1.54, 1.807) is 6.33 Å². The zero-order valence-corrected chi connectivity index (χ0v) is 15.2. The maximum atomic E-state index is 11.8. The van der Waals surface area contributed by atoms with Gasteiger partial charge in [-0.25, -0.2) is 12.7 Å². The molecule has 0 radical (unpaired) electrons. The SMILES string of the molecule is CCNC(=NCCN1CCCS1(=O)=O)NCCn1cnnc1CC. The topological polar surface area (TPSA) is 105 Å². The molecule has 1 aliphatic rings. The number of hydrogen-bond acceptors (Lipinski definition) is 5. The van der Waals surface area contributed by atoms with Gasteiger partial charge >= 0.3 is 0 Å². The van der Waals surface area contributed by atoms with Gasteiger partial charge in [0.2, 0.25) is 10.0 Å². The molecular weight excluding hydrogens is 330 g/mol. The van der Waals surface area contributed by atoms with Crippen molar-refractivity contribution < 1.29 is 8.42 Å². The number of nitrogens with one attached hydrogen (secondary N) is 2. The Morgan fingerprint density at radius 2 is 2.17 bits per heavy atom. The van der Waals surface area contributed by atoms with Crippen LogP contribution in [0.1, 0.15) is 26.1 Å². The summed E-state index contributed by atoms with van der Waals surface area (Å²) >= 11 is 0. The molecule has 1 aromatic heterocycles. The molecule has 0 saturated carbocycles. The molecule has 9 nitrogen and oxygen atoms in total. The van der Waals surface area contributed by atoms with Crippen molar-refractivity contribution in [2.45, 2.75) is 33.2 Å². The normalized spacial score (nSPS) is 18.0. The third-order valence-electron chi connectivity index (χ3n) is 3.82. The monoisotopic (exact) mass is 357 g/mol. The Labute approximate surface area is 143 Å². The molecule has 1 saturated heterocycles. The minimum Gasteiger partial charge on any atom is -0.357 e. The molecule has 136 valence electrons. The first-order valence-corrected chi connectivity index (χ1v) is 10.0. The summed E-state index contributed by atoms with van der Waals surface area (Å²) in [4.78, 5) is 4.45. The number of rotatable bonds is 8. The summed E-state index contributed by atoms with van der Waals surface area (Å²) in [6.07, 6.45) is 3.28. The van der Waals surface area contributed by atoms with Crippen LogP contribution in [0.25, 0.3) is 0 Å². The van der Waals surface area contributed by atoms with Gasteiger partial charge in [0, 0.05) is 39.1 Å². The van der Waals surface area contributed by atoms with Crippen molar-refractivity contribution in [1.82, 2.24) is 29.7 Å². The van der Waals surface area contributed by atoms with E-state index in [0.29, 0.717) is 38.6 Å². The zero-order valence-electron chi connectivity index (χ0n) is 14.4. The van der Waals surface area contributed by atoms with Gasteiger partial charge in [0.25, 0.3) is 0 Å². The summed E-state index contributed by atoms with van der Waals surface area (Å²) in [5.41, 5.74) is 0. The number of guanidine groups is 1. The highest BCUT2D eigenvalue weighted by molar-refractivity contribution is 7.89. The van der Waals surface area contributed by atoms with Gasteiger partial charge in [-0.15, -0.1) is 10.2 Å². The van der Waals surface area contributed by atoms with Crippen molar-refractivity contribution in [3.8, 4) is 0 Å². The Hall–Kier alpha value is -1.68. The van der Waals surface area contributed by atoms with Crippen molar-refractivity contribution in [3.63, 3.8) is 0 Å². The highest BCUT2D eigenvalue weighted by Crippen LogP contribution is 2.12. The van der Waals surface area contributed by atoms with Crippen LogP contribution < -0.4 is 10.6 Å². The molecular formula is C14H27N7O2S. The molecule has 0 aliphatic carbocycles. The average molecular weight is 357 g/mol. The smallest absolute Gasteiger partial charge is 0.214 e. The maximum absolute atomic E-state index is 11.8. The van der Waals surface area contributed by atoms with Crippen LogP contribution in [0.15, 0.2) is 11.3 Å². The largest absolute Gasteiger partial charge is 0.357 e. The molecule has 0 spiro atoms. The molecule has 10 heteroatoms. The van der Waals surface area contributed by atoms with E-state index in [0.717, 1.165) is 25.3 Å². The minimum absolute atomic E-state index is 0.258. The summed E-state index contributed by atoms with van der Waals surface area (Å²) in [6, 6.07) is 0. The number of aromatic nitrogens is 3. The van der Waals surface area contributed by atoms with Crippen LogP contribution in [-0.2, 0) is 23.0 Å². The fraction of sp³-hybridized carbons (Fsp3) is 0.786.